The van der Waals surface area contributed by atoms with Gasteiger partial charge in [0.25, 0.3) is 0 Å². The zero-order valence-corrected chi connectivity index (χ0v) is 9.43. The quantitative estimate of drug-likeness (QED) is 0.810. The minimum atomic E-state index is -0.277. The first-order valence-electron chi connectivity index (χ1n) is 5.29. The lowest BCUT2D eigenvalue weighted by Gasteiger charge is -2.05. The Kier molecular flexibility index (Phi) is 3.10. The van der Waals surface area contributed by atoms with Crippen LogP contribution in [-0.4, -0.2) is 17.1 Å². The van der Waals surface area contributed by atoms with Crippen molar-refractivity contribution in [3.05, 3.63) is 30.0 Å². The zero-order chi connectivity index (χ0) is 12.3. The predicted molar refractivity (Wildman–Crippen MR) is 64.2 cm³/mol. The van der Waals surface area contributed by atoms with Gasteiger partial charge in [0, 0.05) is 5.39 Å². The number of amides is 1. The molecule has 0 saturated carbocycles. The fourth-order valence-electron chi connectivity index (χ4n) is 1.55. The van der Waals surface area contributed by atoms with Crippen LogP contribution >= 0.6 is 0 Å². The summed E-state index contributed by atoms with van der Waals surface area (Å²) in [4.78, 5) is 11.6. The van der Waals surface area contributed by atoms with Crippen LogP contribution in [0.25, 0.3) is 11.0 Å². The minimum Gasteiger partial charge on any atom is -0.356 e. The summed E-state index contributed by atoms with van der Waals surface area (Å²) < 4.78 is 5.11. The molecule has 0 spiro atoms. The molecule has 17 heavy (non-hydrogen) atoms. The van der Waals surface area contributed by atoms with Crippen molar-refractivity contribution in [1.82, 2.24) is 10.5 Å². The molecule has 1 atom stereocenters. The van der Waals surface area contributed by atoms with Crippen LogP contribution in [0.3, 0.4) is 0 Å². The van der Waals surface area contributed by atoms with Crippen molar-refractivity contribution in [3.8, 4) is 12.3 Å². The number of hydrogen-bond acceptors (Lipinski definition) is 3. The lowest BCUT2D eigenvalue weighted by atomic mass is 10.1. The van der Waals surface area contributed by atoms with Crippen LogP contribution in [0.15, 0.2) is 28.8 Å². The molecule has 2 aromatic rings. The van der Waals surface area contributed by atoms with E-state index in [1.807, 2.05) is 24.3 Å². The second-order valence-electron chi connectivity index (χ2n) is 3.76. The van der Waals surface area contributed by atoms with E-state index < -0.39 is 0 Å². The Labute approximate surface area is 99.0 Å². The molecule has 1 amide bonds. The third kappa shape index (κ3) is 2.45. The van der Waals surface area contributed by atoms with Gasteiger partial charge in [-0.15, -0.1) is 6.42 Å². The van der Waals surface area contributed by atoms with Crippen molar-refractivity contribution >= 4 is 16.9 Å². The number of para-hydroxylation sites is 1. The highest BCUT2D eigenvalue weighted by molar-refractivity contribution is 5.86. The van der Waals surface area contributed by atoms with E-state index in [1.165, 1.54) is 0 Å². The normalized spacial score (nSPS) is 12.0. The number of aromatic nitrogens is 1. The van der Waals surface area contributed by atoms with E-state index in [1.54, 1.807) is 6.92 Å². The first-order chi connectivity index (χ1) is 8.20. The molecule has 4 nitrogen and oxygen atoms in total. The molecule has 86 valence electrons. The van der Waals surface area contributed by atoms with Crippen molar-refractivity contribution < 1.29 is 9.32 Å². The van der Waals surface area contributed by atoms with Gasteiger partial charge < -0.3 is 9.84 Å². The van der Waals surface area contributed by atoms with Crippen LogP contribution in [0.5, 0.6) is 0 Å². The summed E-state index contributed by atoms with van der Waals surface area (Å²) in [6.45, 7) is 1.75. The maximum Gasteiger partial charge on any atom is 0.227 e. The molecule has 0 radical (unpaired) electrons. The molecule has 1 N–H and O–H groups in total. The average molecular weight is 228 g/mol. The summed E-state index contributed by atoms with van der Waals surface area (Å²) in [5, 5.41) is 7.41. The van der Waals surface area contributed by atoms with Crippen molar-refractivity contribution in [3.63, 3.8) is 0 Å². The fraction of sp³-hybridized carbons (Fsp3) is 0.231. The molecule has 0 fully saturated rings. The van der Waals surface area contributed by atoms with Crippen molar-refractivity contribution in [2.75, 3.05) is 0 Å². The molecule has 1 aromatic carbocycles. The van der Waals surface area contributed by atoms with Gasteiger partial charge in [0.05, 0.1) is 12.5 Å². The molecule has 0 aliphatic heterocycles. The van der Waals surface area contributed by atoms with E-state index in [2.05, 4.69) is 16.4 Å². The molecular weight excluding hydrogens is 216 g/mol. The number of carbonyl (C=O) groups excluding carboxylic acids is 1. The van der Waals surface area contributed by atoms with Crippen LogP contribution < -0.4 is 5.32 Å². The molecule has 1 unspecified atom stereocenters. The highest BCUT2D eigenvalue weighted by atomic mass is 16.5. The summed E-state index contributed by atoms with van der Waals surface area (Å²) >= 11 is 0. The van der Waals surface area contributed by atoms with Crippen LogP contribution in [0.2, 0.25) is 0 Å². The molecule has 0 bridgehead atoms. The Morgan fingerprint density at radius 1 is 1.59 bits per heavy atom. The van der Waals surface area contributed by atoms with Gasteiger partial charge in [-0.1, -0.05) is 23.2 Å². The number of benzene rings is 1. The predicted octanol–water partition coefficient (Wildman–Crippen LogP) is 1.51. The van der Waals surface area contributed by atoms with Crippen LogP contribution in [0.4, 0.5) is 0 Å². The Morgan fingerprint density at radius 3 is 3.12 bits per heavy atom. The van der Waals surface area contributed by atoms with E-state index in [0.717, 1.165) is 5.39 Å². The van der Waals surface area contributed by atoms with Gasteiger partial charge in [0.1, 0.15) is 5.69 Å². The standard InChI is InChI=1S/C13H12N2O2/c1-3-9(2)14-13(16)8-11-10-6-4-5-7-12(10)17-15-11/h1,4-7,9H,8H2,2H3,(H,14,16). The van der Waals surface area contributed by atoms with Crippen molar-refractivity contribution in [2.24, 2.45) is 0 Å². The lowest BCUT2D eigenvalue weighted by molar-refractivity contribution is -0.120. The lowest BCUT2D eigenvalue weighted by Crippen LogP contribution is -2.32. The first-order valence-corrected chi connectivity index (χ1v) is 5.29. The van der Waals surface area contributed by atoms with E-state index >= 15 is 0 Å². The summed E-state index contributed by atoms with van der Waals surface area (Å²) in [5.74, 6) is 2.28. The third-order valence-corrected chi connectivity index (χ3v) is 2.41. The SMILES string of the molecule is C#CC(C)NC(=O)Cc1noc2ccccc12. The number of hydrogen-bond donors (Lipinski definition) is 1. The van der Waals surface area contributed by atoms with Gasteiger partial charge in [-0.3, -0.25) is 4.79 Å². The molecule has 1 heterocycles. The number of nitrogens with one attached hydrogen (secondary N) is 1. The monoisotopic (exact) mass is 228 g/mol. The molecule has 0 aliphatic carbocycles. The second-order valence-corrected chi connectivity index (χ2v) is 3.76. The Morgan fingerprint density at radius 2 is 2.35 bits per heavy atom. The molecule has 0 saturated heterocycles. The van der Waals surface area contributed by atoms with Gasteiger partial charge in [-0.05, 0) is 19.1 Å². The summed E-state index contributed by atoms with van der Waals surface area (Å²) in [7, 11) is 0. The first kappa shape index (κ1) is 11.2. The number of rotatable bonds is 3. The van der Waals surface area contributed by atoms with Crippen molar-refractivity contribution in [1.29, 1.82) is 0 Å². The number of nitrogens with zero attached hydrogens (tertiary/aromatic N) is 1. The van der Waals surface area contributed by atoms with E-state index in [4.69, 9.17) is 10.9 Å². The number of fused-ring (bicyclic) bond motifs is 1. The third-order valence-electron chi connectivity index (χ3n) is 2.41. The summed E-state index contributed by atoms with van der Waals surface area (Å²) in [6, 6.07) is 7.15. The molecular formula is C13H12N2O2. The van der Waals surface area contributed by atoms with Gasteiger partial charge in [0.2, 0.25) is 5.91 Å². The van der Waals surface area contributed by atoms with Gasteiger partial charge in [-0.2, -0.15) is 0 Å². The maximum atomic E-state index is 11.6. The van der Waals surface area contributed by atoms with Gasteiger partial charge in [-0.25, -0.2) is 0 Å². The minimum absolute atomic E-state index is 0.158. The molecule has 4 heteroatoms. The zero-order valence-electron chi connectivity index (χ0n) is 9.43. The van der Waals surface area contributed by atoms with Crippen LogP contribution in [-0.2, 0) is 11.2 Å². The van der Waals surface area contributed by atoms with E-state index in [9.17, 15) is 4.79 Å². The molecule has 0 aliphatic rings. The Hall–Kier alpha value is -2.28. The largest absolute Gasteiger partial charge is 0.356 e. The van der Waals surface area contributed by atoms with Crippen molar-refractivity contribution in [2.45, 2.75) is 19.4 Å². The molecule has 1 aromatic heterocycles. The highest BCUT2D eigenvalue weighted by Crippen LogP contribution is 2.17. The van der Waals surface area contributed by atoms with E-state index in [0.29, 0.717) is 11.3 Å². The van der Waals surface area contributed by atoms with Crippen LogP contribution in [0, 0.1) is 12.3 Å². The fourth-order valence-corrected chi connectivity index (χ4v) is 1.55. The van der Waals surface area contributed by atoms with Gasteiger partial charge >= 0.3 is 0 Å². The Bertz CT molecular complexity index is 580. The molecule has 2 rings (SSSR count). The number of terminal acetylenes is 1. The van der Waals surface area contributed by atoms with Crippen LogP contribution in [0.1, 0.15) is 12.6 Å². The number of carbonyl (C=O) groups is 1. The average Bonchev–Trinajstić information content (AvgIpc) is 2.72. The summed E-state index contributed by atoms with van der Waals surface area (Å²) in [5.41, 5.74) is 1.31. The second kappa shape index (κ2) is 4.71. The van der Waals surface area contributed by atoms with E-state index in [-0.39, 0.29) is 18.4 Å². The smallest absolute Gasteiger partial charge is 0.227 e. The summed E-state index contributed by atoms with van der Waals surface area (Å²) in [6.07, 6.45) is 5.36. The maximum absolute atomic E-state index is 11.6. The Balaban J connectivity index is 2.14. The highest BCUT2D eigenvalue weighted by Gasteiger charge is 2.12. The topological polar surface area (TPSA) is 55.1 Å². The van der Waals surface area contributed by atoms with Gasteiger partial charge in [0.15, 0.2) is 5.58 Å².